The van der Waals surface area contributed by atoms with Gasteiger partial charge in [0.15, 0.2) is 0 Å². The first-order valence-corrected chi connectivity index (χ1v) is 6.08. The molecule has 1 rings (SSSR count). The molecule has 0 saturated heterocycles. The van der Waals surface area contributed by atoms with E-state index in [0.29, 0.717) is 18.1 Å². The molecule has 0 aromatic heterocycles. The zero-order valence-corrected chi connectivity index (χ0v) is 10.9. The Kier molecular flexibility index (Phi) is 5.01. The zero-order chi connectivity index (χ0) is 12.8. The smallest absolute Gasteiger partial charge is 0.130 e. The van der Waals surface area contributed by atoms with E-state index in [1.807, 2.05) is 25.1 Å². The molecule has 0 atom stereocenters. The molecule has 0 fully saturated rings. The van der Waals surface area contributed by atoms with Crippen LogP contribution < -0.4 is 10.5 Å². The molecule has 3 N–H and O–H groups in total. The fourth-order valence-corrected chi connectivity index (χ4v) is 1.65. The molecule has 17 heavy (non-hydrogen) atoms. The number of hydrogen-bond donors (Lipinski definition) is 2. The zero-order valence-electron chi connectivity index (χ0n) is 10.9. The van der Waals surface area contributed by atoms with E-state index in [2.05, 4.69) is 13.8 Å². The SMILES string of the molecule is Cc1ccc(C(=N)N)c(OCCCC(C)C)c1. The van der Waals surface area contributed by atoms with E-state index in [1.54, 1.807) is 0 Å². The quantitative estimate of drug-likeness (QED) is 0.451. The highest BCUT2D eigenvalue weighted by atomic mass is 16.5. The monoisotopic (exact) mass is 234 g/mol. The molecular weight excluding hydrogens is 212 g/mol. The number of hydrogen-bond acceptors (Lipinski definition) is 2. The Morgan fingerprint density at radius 2 is 2.12 bits per heavy atom. The third-order valence-electron chi connectivity index (χ3n) is 2.61. The van der Waals surface area contributed by atoms with E-state index in [4.69, 9.17) is 15.9 Å². The molecular formula is C14H22N2O. The van der Waals surface area contributed by atoms with Crippen molar-refractivity contribution in [3.8, 4) is 5.75 Å². The van der Waals surface area contributed by atoms with Gasteiger partial charge in [-0.25, -0.2) is 0 Å². The third-order valence-corrected chi connectivity index (χ3v) is 2.61. The summed E-state index contributed by atoms with van der Waals surface area (Å²) < 4.78 is 5.71. The molecule has 0 unspecified atom stereocenters. The van der Waals surface area contributed by atoms with Crippen LogP contribution >= 0.6 is 0 Å². The fraction of sp³-hybridized carbons (Fsp3) is 0.500. The third kappa shape index (κ3) is 4.47. The maximum absolute atomic E-state index is 7.49. The van der Waals surface area contributed by atoms with Gasteiger partial charge in [0.2, 0.25) is 0 Å². The first-order valence-electron chi connectivity index (χ1n) is 6.08. The lowest BCUT2D eigenvalue weighted by atomic mass is 10.1. The molecule has 1 aromatic rings. The van der Waals surface area contributed by atoms with Gasteiger partial charge in [0, 0.05) is 0 Å². The summed E-state index contributed by atoms with van der Waals surface area (Å²) in [4.78, 5) is 0. The average Bonchev–Trinajstić information content (AvgIpc) is 2.23. The van der Waals surface area contributed by atoms with E-state index in [9.17, 15) is 0 Å². The first-order chi connectivity index (χ1) is 8.00. The highest BCUT2D eigenvalue weighted by molar-refractivity contribution is 5.97. The predicted octanol–water partition coefficient (Wildman–Crippen LogP) is 3.09. The lowest BCUT2D eigenvalue weighted by Crippen LogP contribution is -2.13. The normalized spacial score (nSPS) is 10.6. The van der Waals surface area contributed by atoms with Crippen molar-refractivity contribution in [1.29, 1.82) is 5.41 Å². The average molecular weight is 234 g/mol. The van der Waals surface area contributed by atoms with Crippen molar-refractivity contribution in [3.63, 3.8) is 0 Å². The molecule has 0 saturated carbocycles. The van der Waals surface area contributed by atoms with Gasteiger partial charge in [-0.2, -0.15) is 0 Å². The molecule has 94 valence electrons. The molecule has 0 aliphatic heterocycles. The molecule has 0 bridgehead atoms. The molecule has 0 aliphatic carbocycles. The predicted molar refractivity (Wildman–Crippen MR) is 71.8 cm³/mol. The maximum atomic E-state index is 7.49. The molecule has 0 aliphatic rings. The number of nitrogens with one attached hydrogen (secondary N) is 1. The van der Waals surface area contributed by atoms with E-state index in [-0.39, 0.29) is 5.84 Å². The van der Waals surface area contributed by atoms with Crippen molar-refractivity contribution in [2.45, 2.75) is 33.6 Å². The van der Waals surface area contributed by atoms with Gasteiger partial charge in [-0.1, -0.05) is 19.9 Å². The van der Waals surface area contributed by atoms with Crippen molar-refractivity contribution in [3.05, 3.63) is 29.3 Å². The Bertz CT molecular complexity index is 386. The summed E-state index contributed by atoms with van der Waals surface area (Å²) in [6.07, 6.45) is 2.18. The second-order valence-electron chi connectivity index (χ2n) is 4.80. The van der Waals surface area contributed by atoms with Crippen LogP contribution in [0.4, 0.5) is 0 Å². The summed E-state index contributed by atoms with van der Waals surface area (Å²) in [7, 11) is 0. The van der Waals surface area contributed by atoms with Crippen LogP contribution in [-0.2, 0) is 0 Å². The minimum atomic E-state index is 0.0591. The van der Waals surface area contributed by atoms with Crippen LogP contribution in [0.5, 0.6) is 5.75 Å². The second-order valence-corrected chi connectivity index (χ2v) is 4.80. The summed E-state index contributed by atoms with van der Waals surface area (Å²) in [5, 5.41) is 7.49. The van der Waals surface area contributed by atoms with E-state index < -0.39 is 0 Å². The van der Waals surface area contributed by atoms with Gasteiger partial charge in [0.05, 0.1) is 12.2 Å². The van der Waals surface area contributed by atoms with Crippen LogP contribution in [0.2, 0.25) is 0 Å². The van der Waals surface area contributed by atoms with Gasteiger partial charge >= 0.3 is 0 Å². The number of benzene rings is 1. The van der Waals surface area contributed by atoms with Gasteiger partial charge in [0.25, 0.3) is 0 Å². The highest BCUT2D eigenvalue weighted by Gasteiger charge is 2.06. The molecule has 0 spiro atoms. The topological polar surface area (TPSA) is 59.1 Å². The van der Waals surface area contributed by atoms with Gasteiger partial charge < -0.3 is 10.5 Å². The number of aryl methyl sites for hydroxylation is 1. The summed E-state index contributed by atoms with van der Waals surface area (Å²) in [5.41, 5.74) is 7.32. The van der Waals surface area contributed by atoms with E-state index in [0.717, 1.165) is 24.2 Å². The van der Waals surface area contributed by atoms with Crippen molar-refractivity contribution in [2.75, 3.05) is 6.61 Å². The summed E-state index contributed by atoms with van der Waals surface area (Å²) in [6, 6.07) is 5.72. The molecule has 0 heterocycles. The lowest BCUT2D eigenvalue weighted by molar-refractivity contribution is 0.297. The molecule has 0 radical (unpaired) electrons. The maximum Gasteiger partial charge on any atom is 0.130 e. The van der Waals surface area contributed by atoms with Crippen molar-refractivity contribution < 1.29 is 4.74 Å². The highest BCUT2D eigenvalue weighted by Crippen LogP contribution is 2.20. The standard InChI is InChI=1S/C14H22N2O/c1-10(2)5-4-8-17-13-9-11(3)6-7-12(13)14(15)16/h6-7,9-10H,4-5,8H2,1-3H3,(H3,15,16). The van der Waals surface area contributed by atoms with Crippen LogP contribution in [0.1, 0.15) is 37.8 Å². The summed E-state index contributed by atoms with van der Waals surface area (Å²) in [6.45, 7) is 7.09. The number of ether oxygens (including phenoxy) is 1. The van der Waals surface area contributed by atoms with Crippen molar-refractivity contribution in [2.24, 2.45) is 11.7 Å². The minimum Gasteiger partial charge on any atom is -0.493 e. The van der Waals surface area contributed by atoms with Crippen LogP contribution in [0.15, 0.2) is 18.2 Å². The summed E-state index contributed by atoms with van der Waals surface area (Å²) >= 11 is 0. The molecule has 3 heteroatoms. The Labute approximate surface area is 103 Å². The fourth-order valence-electron chi connectivity index (χ4n) is 1.65. The van der Waals surface area contributed by atoms with Gasteiger partial charge in [0.1, 0.15) is 11.6 Å². The number of nitrogen functional groups attached to an aromatic ring is 1. The van der Waals surface area contributed by atoms with Gasteiger partial charge in [-0.15, -0.1) is 0 Å². The number of amidine groups is 1. The van der Waals surface area contributed by atoms with Gasteiger partial charge in [-0.05, 0) is 43.4 Å². The Hall–Kier alpha value is -1.51. The van der Waals surface area contributed by atoms with Crippen LogP contribution in [0.25, 0.3) is 0 Å². The Morgan fingerprint density at radius 1 is 1.41 bits per heavy atom. The van der Waals surface area contributed by atoms with Crippen molar-refractivity contribution in [1.82, 2.24) is 0 Å². The van der Waals surface area contributed by atoms with Crippen LogP contribution in [-0.4, -0.2) is 12.4 Å². The second kappa shape index (κ2) is 6.28. The van der Waals surface area contributed by atoms with Crippen LogP contribution in [0, 0.1) is 18.3 Å². The van der Waals surface area contributed by atoms with Crippen molar-refractivity contribution >= 4 is 5.84 Å². The number of rotatable bonds is 6. The Balaban J connectivity index is 2.62. The largest absolute Gasteiger partial charge is 0.493 e. The molecule has 1 aromatic carbocycles. The van der Waals surface area contributed by atoms with E-state index >= 15 is 0 Å². The molecule has 3 nitrogen and oxygen atoms in total. The summed E-state index contributed by atoms with van der Waals surface area (Å²) in [5.74, 6) is 1.48. The van der Waals surface area contributed by atoms with E-state index in [1.165, 1.54) is 0 Å². The van der Waals surface area contributed by atoms with Crippen LogP contribution in [0.3, 0.4) is 0 Å². The lowest BCUT2D eigenvalue weighted by Gasteiger charge is -2.12. The molecule has 0 amide bonds. The first kappa shape index (κ1) is 13.6. The minimum absolute atomic E-state index is 0.0591. The Morgan fingerprint density at radius 3 is 2.71 bits per heavy atom. The van der Waals surface area contributed by atoms with Gasteiger partial charge in [-0.3, -0.25) is 5.41 Å². The number of nitrogens with two attached hydrogens (primary N) is 1.